The monoisotopic (exact) mass is 269 g/mol. The van der Waals surface area contributed by atoms with Gasteiger partial charge in [-0.2, -0.15) is 18.3 Å². The summed E-state index contributed by atoms with van der Waals surface area (Å²) in [6.07, 6.45) is -0.937. The quantitative estimate of drug-likeness (QED) is 0.920. The summed E-state index contributed by atoms with van der Waals surface area (Å²) >= 11 is 0. The fraction of sp³-hybridized carbons (Fsp3) is 0.308. The van der Waals surface area contributed by atoms with Gasteiger partial charge < -0.3 is 5.32 Å². The Bertz CT molecular complexity index is 541. The van der Waals surface area contributed by atoms with E-state index in [9.17, 15) is 13.2 Å². The predicted molar refractivity (Wildman–Crippen MR) is 67.3 cm³/mol. The lowest BCUT2D eigenvalue weighted by molar-refractivity contribution is -0.137. The molecule has 2 aromatic rings. The van der Waals surface area contributed by atoms with Crippen molar-refractivity contribution in [2.24, 2.45) is 0 Å². The summed E-state index contributed by atoms with van der Waals surface area (Å²) < 4.78 is 38.8. The number of hydrogen-bond acceptors (Lipinski definition) is 2. The molecule has 1 heterocycles. The van der Waals surface area contributed by atoms with Gasteiger partial charge in [-0.25, -0.2) is 4.68 Å². The van der Waals surface area contributed by atoms with Gasteiger partial charge in [0.25, 0.3) is 0 Å². The number of benzene rings is 1. The number of nitrogens with zero attached hydrogens (tertiary/aromatic N) is 2. The first-order chi connectivity index (χ1) is 8.86. The fourth-order valence-electron chi connectivity index (χ4n) is 1.68. The minimum Gasteiger partial charge on any atom is -0.380 e. The Kier molecular flexibility index (Phi) is 3.50. The van der Waals surface area contributed by atoms with Crippen LogP contribution in [0.4, 0.5) is 18.9 Å². The second-order valence-corrected chi connectivity index (χ2v) is 4.52. The lowest BCUT2D eigenvalue weighted by Gasteiger charge is -2.08. The molecule has 0 unspecified atom stereocenters. The van der Waals surface area contributed by atoms with E-state index < -0.39 is 11.7 Å². The molecular formula is C13H14F3N3. The molecule has 1 N–H and O–H groups in total. The lowest BCUT2D eigenvalue weighted by Crippen LogP contribution is -2.08. The van der Waals surface area contributed by atoms with E-state index in [-0.39, 0.29) is 6.04 Å². The first-order valence-electron chi connectivity index (χ1n) is 5.85. The molecule has 3 nitrogen and oxygen atoms in total. The van der Waals surface area contributed by atoms with Crippen molar-refractivity contribution in [2.75, 3.05) is 5.32 Å². The molecular weight excluding hydrogens is 255 g/mol. The third kappa shape index (κ3) is 3.27. The van der Waals surface area contributed by atoms with Gasteiger partial charge in [0.15, 0.2) is 0 Å². The van der Waals surface area contributed by atoms with Gasteiger partial charge in [-0.05, 0) is 38.1 Å². The van der Waals surface area contributed by atoms with Crippen molar-refractivity contribution in [2.45, 2.75) is 26.1 Å². The van der Waals surface area contributed by atoms with Crippen LogP contribution in [0.2, 0.25) is 0 Å². The maximum Gasteiger partial charge on any atom is 0.416 e. The molecule has 0 aliphatic rings. The second-order valence-electron chi connectivity index (χ2n) is 4.52. The molecule has 0 amide bonds. The molecule has 0 atom stereocenters. The van der Waals surface area contributed by atoms with Crippen LogP contribution >= 0.6 is 0 Å². The van der Waals surface area contributed by atoms with Gasteiger partial charge in [0.1, 0.15) is 0 Å². The zero-order chi connectivity index (χ0) is 14.0. The van der Waals surface area contributed by atoms with Gasteiger partial charge in [0, 0.05) is 6.04 Å². The topological polar surface area (TPSA) is 29.9 Å². The Balaban J connectivity index is 2.20. The number of anilines is 1. The van der Waals surface area contributed by atoms with Crippen LogP contribution in [0.1, 0.15) is 19.4 Å². The first-order valence-corrected chi connectivity index (χ1v) is 5.85. The number of halogens is 3. The minimum absolute atomic E-state index is 0.269. The minimum atomic E-state index is -4.31. The van der Waals surface area contributed by atoms with E-state index in [1.807, 2.05) is 13.8 Å². The number of nitrogens with one attached hydrogen (secondary N) is 1. The average Bonchev–Trinajstić information content (AvgIpc) is 2.75. The fourth-order valence-corrected chi connectivity index (χ4v) is 1.68. The number of alkyl halides is 3. The summed E-state index contributed by atoms with van der Waals surface area (Å²) in [5, 5.41) is 7.27. The summed E-state index contributed by atoms with van der Waals surface area (Å²) in [5.41, 5.74) is 0.753. The molecule has 102 valence electrons. The largest absolute Gasteiger partial charge is 0.416 e. The summed E-state index contributed by atoms with van der Waals surface area (Å²) in [5.74, 6) is 0. The Morgan fingerprint density at radius 1 is 1.16 bits per heavy atom. The summed E-state index contributed by atoms with van der Waals surface area (Å²) in [6, 6.07) is 5.16. The van der Waals surface area contributed by atoms with Gasteiger partial charge in [0.2, 0.25) is 0 Å². The highest BCUT2D eigenvalue weighted by atomic mass is 19.4. The lowest BCUT2D eigenvalue weighted by atomic mass is 10.2. The van der Waals surface area contributed by atoms with E-state index in [1.54, 1.807) is 12.4 Å². The predicted octanol–water partition coefficient (Wildman–Crippen LogP) is 3.71. The third-order valence-corrected chi connectivity index (χ3v) is 2.50. The molecule has 19 heavy (non-hydrogen) atoms. The van der Waals surface area contributed by atoms with Gasteiger partial charge in [-0.15, -0.1) is 0 Å². The standard InChI is InChI=1S/C13H14F3N3/c1-9(2)18-11-7-17-19(8-11)12-5-3-10(4-6-12)13(14,15)16/h3-9,18H,1-2H3. The zero-order valence-corrected chi connectivity index (χ0v) is 10.6. The van der Waals surface area contributed by atoms with Gasteiger partial charge in [0.05, 0.1) is 29.3 Å². The van der Waals surface area contributed by atoms with Crippen LogP contribution in [0.5, 0.6) is 0 Å². The SMILES string of the molecule is CC(C)Nc1cnn(-c2ccc(C(F)(F)F)cc2)c1. The highest BCUT2D eigenvalue weighted by Gasteiger charge is 2.29. The summed E-state index contributed by atoms with van der Waals surface area (Å²) in [6.45, 7) is 3.99. The van der Waals surface area contributed by atoms with Gasteiger partial charge >= 0.3 is 6.18 Å². The first kappa shape index (κ1) is 13.5. The molecule has 0 aliphatic heterocycles. The summed E-state index contributed by atoms with van der Waals surface area (Å²) in [7, 11) is 0. The van der Waals surface area contributed by atoms with Crippen molar-refractivity contribution in [1.29, 1.82) is 0 Å². The van der Waals surface area contributed by atoms with Crippen LogP contribution in [-0.2, 0) is 6.18 Å². The molecule has 1 aromatic carbocycles. The Morgan fingerprint density at radius 3 is 2.32 bits per heavy atom. The third-order valence-electron chi connectivity index (χ3n) is 2.50. The van der Waals surface area contributed by atoms with Crippen molar-refractivity contribution in [1.82, 2.24) is 9.78 Å². The van der Waals surface area contributed by atoms with Crippen molar-refractivity contribution in [3.8, 4) is 5.69 Å². The van der Waals surface area contributed by atoms with Crippen LogP contribution in [0.15, 0.2) is 36.7 Å². The van der Waals surface area contributed by atoms with Crippen molar-refractivity contribution in [3.05, 3.63) is 42.2 Å². The smallest absolute Gasteiger partial charge is 0.380 e. The second kappa shape index (κ2) is 4.95. The van der Waals surface area contributed by atoms with Gasteiger partial charge in [-0.3, -0.25) is 0 Å². The van der Waals surface area contributed by atoms with Gasteiger partial charge in [-0.1, -0.05) is 0 Å². The van der Waals surface area contributed by atoms with E-state index >= 15 is 0 Å². The zero-order valence-electron chi connectivity index (χ0n) is 10.6. The molecule has 0 spiro atoms. The average molecular weight is 269 g/mol. The summed E-state index contributed by atoms with van der Waals surface area (Å²) in [4.78, 5) is 0. The van der Waals surface area contributed by atoms with Crippen molar-refractivity contribution >= 4 is 5.69 Å². The maximum absolute atomic E-state index is 12.4. The molecule has 0 saturated heterocycles. The van der Waals surface area contributed by atoms with Crippen LogP contribution in [-0.4, -0.2) is 15.8 Å². The molecule has 0 bridgehead atoms. The molecule has 0 radical (unpaired) electrons. The van der Waals surface area contributed by atoms with Crippen molar-refractivity contribution < 1.29 is 13.2 Å². The molecule has 1 aromatic heterocycles. The molecule has 6 heteroatoms. The maximum atomic E-state index is 12.4. The molecule has 2 rings (SSSR count). The van der Waals surface area contributed by atoms with Crippen molar-refractivity contribution in [3.63, 3.8) is 0 Å². The van der Waals surface area contributed by atoms with Crippen LogP contribution in [0.3, 0.4) is 0 Å². The van der Waals surface area contributed by atoms with Crippen LogP contribution in [0.25, 0.3) is 5.69 Å². The Hall–Kier alpha value is -1.98. The number of hydrogen-bond donors (Lipinski definition) is 1. The molecule has 0 saturated carbocycles. The normalized spacial score (nSPS) is 11.9. The highest BCUT2D eigenvalue weighted by Crippen LogP contribution is 2.29. The highest BCUT2D eigenvalue weighted by molar-refractivity contribution is 5.43. The van der Waals surface area contributed by atoms with Crippen LogP contribution < -0.4 is 5.32 Å². The number of rotatable bonds is 3. The van der Waals surface area contributed by atoms with E-state index in [0.717, 1.165) is 17.8 Å². The van der Waals surface area contributed by atoms with E-state index in [0.29, 0.717) is 5.69 Å². The molecule has 0 fully saturated rings. The Labute approximate surface area is 109 Å². The Morgan fingerprint density at radius 2 is 1.79 bits per heavy atom. The van der Waals surface area contributed by atoms with E-state index in [4.69, 9.17) is 0 Å². The van der Waals surface area contributed by atoms with E-state index in [1.165, 1.54) is 16.8 Å². The molecule has 0 aliphatic carbocycles. The van der Waals surface area contributed by atoms with E-state index in [2.05, 4.69) is 10.4 Å². The van der Waals surface area contributed by atoms with Crippen LogP contribution in [0, 0.1) is 0 Å². The number of aromatic nitrogens is 2.